The maximum Gasteiger partial charge on any atom is 0.416 e. The topological polar surface area (TPSA) is 88.1 Å². The van der Waals surface area contributed by atoms with E-state index in [0.717, 1.165) is 6.07 Å². The first-order valence-electron chi connectivity index (χ1n) is 11.3. The van der Waals surface area contributed by atoms with Gasteiger partial charge in [0.1, 0.15) is 11.6 Å². The lowest BCUT2D eigenvalue weighted by atomic mass is 9.92. The Kier molecular flexibility index (Phi) is 5.62. The number of benzene rings is 1. The third kappa shape index (κ3) is 4.17. The highest BCUT2D eigenvalue weighted by atomic mass is 32.2. The van der Waals surface area contributed by atoms with Crippen LogP contribution in [0.1, 0.15) is 54.7 Å². The third-order valence-corrected chi connectivity index (χ3v) is 8.25. The molecule has 3 aromatic rings. The quantitative estimate of drug-likeness (QED) is 0.534. The van der Waals surface area contributed by atoms with Gasteiger partial charge in [0, 0.05) is 13.0 Å². The van der Waals surface area contributed by atoms with Crippen LogP contribution in [0.3, 0.4) is 0 Å². The molecule has 7 nitrogen and oxygen atoms in total. The van der Waals surface area contributed by atoms with Gasteiger partial charge in [0.15, 0.2) is 5.65 Å². The zero-order valence-corrected chi connectivity index (χ0v) is 19.4. The number of pyridine rings is 1. The van der Waals surface area contributed by atoms with E-state index in [4.69, 9.17) is 0 Å². The van der Waals surface area contributed by atoms with E-state index >= 15 is 0 Å². The second-order valence-electron chi connectivity index (χ2n) is 8.74. The summed E-state index contributed by atoms with van der Waals surface area (Å²) in [6.45, 7) is 2.17. The number of hydrogen-bond acceptors (Lipinski definition) is 6. The van der Waals surface area contributed by atoms with Crippen LogP contribution in [0.4, 0.5) is 24.7 Å². The van der Waals surface area contributed by atoms with Crippen molar-refractivity contribution in [2.24, 2.45) is 0 Å². The highest BCUT2D eigenvalue weighted by Gasteiger charge is 2.35. The van der Waals surface area contributed by atoms with Crippen LogP contribution in [0, 0.1) is 0 Å². The Labute approximate surface area is 195 Å². The monoisotopic (exact) mass is 491 g/mol. The van der Waals surface area contributed by atoms with E-state index < -0.39 is 27.8 Å². The van der Waals surface area contributed by atoms with Crippen LogP contribution >= 0.6 is 0 Å². The number of hydrogen-bond donors (Lipinski definition) is 1. The highest BCUT2D eigenvalue weighted by Crippen LogP contribution is 2.37. The van der Waals surface area contributed by atoms with E-state index in [2.05, 4.69) is 20.3 Å². The predicted octanol–water partition coefficient (Wildman–Crippen LogP) is 4.64. The van der Waals surface area contributed by atoms with Gasteiger partial charge in [-0.25, -0.2) is 23.4 Å². The summed E-state index contributed by atoms with van der Waals surface area (Å²) >= 11 is 0. The Bertz CT molecular complexity index is 1360. The van der Waals surface area contributed by atoms with Gasteiger partial charge in [-0.15, -0.1) is 0 Å². The van der Waals surface area contributed by atoms with Crippen LogP contribution in [0.5, 0.6) is 0 Å². The van der Waals surface area contributed by atoms with Crippen molar-refractivity contribution in [3.05, 3.63) is 53.0 Å². The average Bonchev–Trinajstić information content (AvgIpc) is 3.13. The number of alkyl halides is 3. The smallest absolute Gasteiger partial charge is 0.363 e. The molecular formula is C23H24F3N5O2S. The molecule has 1 fully saturated rings. The summed E-state index contributed by atoms with van der Waals surface area (Å²) in [6.07, 6.45) is -0.379. The Hall–Kier alpha value is -2.95. The summed E-state index contributed by atoms with van der Waals surface area (Å²) in [5, 5.41) is 3.80. The summed E-state index contributed by atoms with van der Waals surface area (Å²) in [5.41, 5.74) is 1.11. The van der Waals surface area contributed by atoms with Crippen molar-refractivity contribution >= 4 is 32.6 Å². The maximum atomic E-state index is 13.7. The van der Waals surface area contributed by atoms with Crippen molar-refractivity contribution in [1.82, 2.24) is 15.0 Å². The van der Waals surface area contributed by atoms with E-state index in [1.165, 1.54) is 16.6 Å². The van der Waals surface area contributed by atoms with Crippen molar-refractivity contribution in [2.45, 2.75) is 51.2 Å². The molecular weight excluding hydrogens is 467 g/mol. The van der Waals surface area contributed by atoms with Crippen LogP contribution in [0.15, 0.2) is 30.5 Å². The van der Waals surface area contributed by atoms with Gasteiger partial charge >= 0.3 is 6.18 Å². The van der Waals surface area contributed by atoms with Crippen LogP contribution in [-0.2, 0) is 29.0 Å². The average molecular weight is 492 g/mol. The van der Waals surface area contributed by atoms with Crippen LogP contribution in [-0.4, -0.2) is 35.7 Å². The molecule has 1 atom stereocenters. The summed E-state index contributed by atoms with van der Waals surface area (Å²) < 4.78 is 67.4. The molecule has 0 saturated carbocycles. The summed E-state index contributed by atoms with van der Waals surface area (Å²) in [7, 11) is -3.39. The largest absolute Gasteiger partial charge is 0.416 e. The second kappa shape index (κ2) is 8.37. The zero-order chi connectivity index (χ0) is 24.1. The standard InChI is InChI=1S/C23H24F3N5O2S/c1-14-16-7-4-8-19(23(24,25)26)17(16)6-2-3-9-20-29-21-18(22(28-14)30-20)12-15(13-27-21)31-10-5-11-34(31,32)33/h4,7-8,12-14H,2-3,5-6,9-11H2,1H3,(H,27,28,29,30)/t14-/m1/s1. The first-order valence-corrected chi connectivity index (χ1v) is 12.9. The van der Waals surface area contributed by atoms with Gasteiger partial charge in [-0.3, -0.25) is 4.31 Å². The van der Waals surface area contributed by atoms with Gasteiger partial charge in [0.05, 0.1) is 34.6 Å². The number of anilines is 2. The van der Waals surface area contributed by atoms with Crippen LogP contribution in [0.25, 0.3) is 11.0 Å². The lowest BCUT2D eigenvalue weighted by Gasteiger charge is -2.23. The summed E-state index contributed by atoms with van der Waals surface area (Å²) in [6, 6.07) is 5.50. The molecule has 34 heavy (non-hydrogen) atoms. The number of halogens is 3. The van der Waals surface area contributed by atoms with Gasteiger partial charge in [-0.05, 0) is 55.9 Å². The van der Waals surface area contributed by atoms with Crippen molar-refractivity contribution in [3.63, 3.8) is 0 Å². The molecule has 2 aromatic heterocycles. The molecule has 5 rings (SSSR count). The van der Waals surface area contributed by atoms with Gasteiger partial charge in [-0.1, -0.05) is 12.1 Å². The van der Waals surface area contributed by atoms with E-state index in [0.29, 0.717) is 78.1 Å². The van der Waals surface area contributed by atoms with Gasteiger partial charge < -0.3 is 5.32 Å². The lowest BCUT2D eigenvalue weighted by Crippen LogP contribution is -2.25. The number of aryl methyl sites for hydroxylation is 1. The molecule has 4 heterocycles. The van der Waals surface area contributed by atoms with Gasteiger partial charge in [0.25, 0.3) is 0 Å². The van der Waals surface area contributed by atoms with E-state index in [1.807, 2.05) is 0 Å². The molecule has 0 spiro atoms. The first-order chi connectivity index (χ1) is 16.1. The molecule has 11 heteroatoms. The molecule has 0 aliphatic carbocycles. The zero-order valence-electron chi connectivity index (χ0n) is 18.6. The van der Waals surface area contributed by atoms with Gasteiger partial charge in [-0.2, -0.15) is 13.2 Å². The van der Waals surface area contributed by atoms with Crippen molar-refractivity contribution in [1.29, 1.82) is 0 Å². The molecule has 180 valence electrons. The summed E-state index contributed by atoms with van der Waals surface area (Å²) in [5.74, 6) is 1.07. The second-order valence-corrected chi connectivity index (χ2v) is 10.8. The minimum Gasteiger partial charge on any atom is -0.363 e. The predicted molar refractivity (Wildman–Crippen MR) is 123 cm³/mol. The number of rotatable bonds is 1. The summed E-state index contributed by atoms with van der Waals surface area (Å²) in [4.78, 5) is 13.6. The molecule has 1 N–H and O–H groups in total. The third-order valence-electron chi connectivity index (χ3n) is 6.38. The fraction of sp³-hybridized carbons (Fsp3) is 0.435. The van der Waals surface area contributed by atoms with Gasteiger partial charge in [0.2, 0.25) is 10.0 Å². The highest BCUT2D eigenvalue weighted by molar-refractivity contribution is 7.93. The molecule has 2 aliphatic rings. The normalized spacial score (nSPS) is 20.5. The number of aromatic nitrogens is 3. The molecule has 0 radical (unpaired) electrons. The van der Waals surface area contributed by atoms with E-state index in [9.17, 15) is 21.6 Å². The number of sulfonamides is 1. The van der Waals surface area contributed by atoms with E-state index in [1.54, 1.807) is 19.1 Å². The minimum absolute atomic E-state index is 0.0843. The fourth-order valence-corrected chi connectivity index (χ4v) is 6.30. The molecule has 0 unspecified atom stereocenters. The first kappa shape index (κ1) is 22.8. The molecule has 1 aromatic carbocycles. The van der Waals surface area contributed by atoms with Crippen LogP contribution in [0.2, 0.25) is 0 Å². The van der Waals surface area contributed by atoms with Crippen molar-refractivity contribution < 1.29 is 21.6 Å². The number of fused-ring (bicyclic) bond motifs is 5. The van der Waals surface area contributed by atoms with Crippen molar-refractivity contribution in [3.8, 4) is 0 Å². The Morgan fingerprint density at radius 1 is 1.12 bits per heavy atom. The molecule has 0 amide bonds. The van der Waals surface area contributed by atoms with E-state index in [-0.39, 0.29) is 5.75 Å². The molecule has 2 bridgehead atoms. The fourth-order valence-electron chi connectivity index (χ4n) is 4.76. The molecule has 1 saturated heterocycles. The number of nitrogens with zero attached hydrogens (tertiary/aromatic N) is 4. The minimum atomic E-state index is -4.44. The lowest BCUT2D eigenvalue weighted by molar-refractivity contribution is -0.138. The maximum absolute atomic E-state index is 13.7. The SMILES string of the molecule is C[C@H]1Nc2nc(nc3ncc(N4CCCS4(=O)=O)cc23)CCCCc2c1cccc2C(F)(F)F. The molecule has 2 aliphatic heterocycles. The number of nitrogens with one attached hydrogen (secondary N) is 1. The van der Waals surface area contributed by atoms with Crippen LogP contribution < -0.4 is 9.62 Å². The Balaban J connectivity index is 1.62. The van der Waals surface area contributed by atoms with Crippen molar-refractivity contribution in [2.75, 3.05) is 21.9 Å². The Morgan fingerprint density at radius 2 is 1.91 bits per heavy atom. The Morgan fingerprint density at radius 3 is 2.65 bits per heavy atom.